The number of nitrogens with zero attached hydrogens (tertiary/aromatic N) is 5. The van der Waals surface area contributed by atoms with Crippen LogP contribution in [0.4, 0.5) is 0 Å². The van der Waals surface area contributed by atoms with Gasteiger partial charge in [0.1, 0.15) is 29.7 Å². The second-order valence-electron chi connectivity index (χ2n) is 5.64. The molecule has 3 heterocycles. The van der Waals surface area contributed by atoms with Crippen molar-refractivity contribution in [3.05, 3.63) is 6.33 Å². The highest BCUT2D eigenvalue weighted by atomic mass is 32.2. The summed E-state index contributed by atoms with van der Waals surface area (Å²) in [6.45, 7) is 5.04. The van der Waals surface area contributed by atoms with Crippen LogP contribution >= 0.6 is 11.8 Å². The fraction of sp³-hybridized carbons (Fsp3) is 0.714. The van der Waals surface area contributed by atoms with Gasteiger partial charge >= 0.3 is 0 Å². The lowest BCUT2D eigenvalue weighted by Gasteiger charge is -2.14. The summed E-state index contributed by atoms with van der Waals surface area (Å²) in [4.78, 5) is 8.26. The zero-order valence-corrected chi connectivity index (χ0v) is 15.0. The number of aliphatic hydroxyl groups is 4. The minimum atomic E-state index is -1.22. The number of ether oxygens (including phenoxy) is 1. The molecule has 11 heteroatoms. The van der Waals surface area contributed by atoms with Gasteiger partial charge in [0.2, 0.25) is 0 Å². The molecule has 1 aliphatic rings. The SMILES string of the molecule is CC(C)O.CCSc1ncnc2c1nnn2C1OC(CO)C(O)C1O. The monoisotopic (exact) mass is 373 g/mol. The molecular formula is C14H23N5O5S. The van der Waals surface area contributed by atoms with Crippen molar-refractivity contribution in [3.8, 4) is 0 Å². The third-order valence-corrected chi connectivity index (χ3v) is 4.13. The molecule has 0 aliphatic carbocycles. The molecule has 10 nitrogen and oxygen atoms in total. The van der Waals surface area contributed by atoms with Gasteiger partial charge in [-0.1, -0.05) is 12.1 Å². The lowest BCUT2D eigenvalue weighted by molar-refractivity contribution is -0.0574. The van der Waals surface area contributed by atoms with E-state index >= 15 is 0 Å². The van der Waals surface area contributed by atoms with Gasteiger partial charge in [0.05, 0.1) is 6.61 Å². The lowest BCUT2D eigenvalue weighted by atomic mass is 10.1. The van der Waals surface area contributed by atoms with Gasteiger partial charge in [0.15, 0.2) is 17.4 Å². The molecule has 4 unspecified atom stereocenters. The van der Waals surface area contributed by atoms with Crippen molar-refractivity contribution in [1.82, 2.24) is 25.0 Å². The van der Waals surface area contributed by atoms with E-state index in [4.69, 9.17) is 14.9 Å². The lowest BCUT2D eigenvalue weighted by Crippen LogP contribution is -2.33. The van der Waals surface area contributed by atoms with Gasteiger partial charge in [0.25, 0.3) is 0 Å². The standard InChI is InChI=1S/C11H15N5O4S.C3H8O/c1-2-21-10-6-9(12-4-13-10)16(15-14-6)11-8(19)7(18)5(3-17)20-11;1-3(2)4/h4-5,7-8,11,17-19H,2-3H2,1H3;3-4H,1-2H3. The number of aromatic nitrogens is 5. The first kappa shape index (κ1) is 19.9. The quantitative estimate of drug-likeness (QED) is 0.402. The van der Waals surface area contributed by atoms with E-state index in [1.54, 1.807) is 13.8 Å². The molecular weight excluding hydrogens is 350 g/mol. The predicted octanol–water partition coefficient (Wildman–Crippen LogP) is -0.668. The molecule has 3 rings (SSSR count). The molecule has 0 aromatic carbocycles. The molecule has 25 heavy (non-hydrogen) atoms. The van der Waals surface area contributed by atoms with E-state index in [0.717, 1.165) is 5.75 Å². The number of aliphatic hydroxyl groups excluding tert-OH is 4. The summed E-state index contributed by atoms with van der Waals surface area (Å²) < 4.78 is 6.74. The van der Waals surface area contributed by atoms with Crippen molar-refractivity contribution in [2.75, 3.05) is 12.4 Å². The molecule has 0 spiro atoms. The zero-order valence-electron chi connectivity index (χ0n) is 14.2. The second-order valence-corrected chi connectivity index (χ2v) is 6.89. The molecule has 4 atom stereocenters. The van der Waals surface area contributed by atoms with Crippen LogP contribution in [-0.2, 0) is 4.74 Å². The van der Waals surface area contributed by atoms with E-state index in [1.165, 1.54) is 22.8 Å². The van der Waals surface area contributed by atoms with Crippen molar-refractivity contribution in [3.63, 3.8) is 0 Å². The number of rotatable bonds is 4. The molecule has 2 aromatic rings. The van der Waals surface area contributed by atoms with Crippen LogP contribution in [0, 0.1) is 0 Å². The first-order valence-electron chi connectivity index (χ1n) is 7.89. The summed E-state index contributed by atoms with van der Waals surface area (Å²) >= 11 is 1.51. The number of hydrogen-bond donors (Lipinski definition) is 4. The van der Waals surface area contributed by atoms with Crippen molar-refractivity contribution >= 4 is 22.9 Å². The Hall–Kier alpha value is -1.37. The van der Waals surface area contributed by atoms with Gasteiger partial charge < -0.3 is 25.2 Å². The minimum Gasteiger partial charge on any atom is -0.394 e. The van der Waals surface area contributed by atoms with E-state index in [1.807, 2.05) is 6.92 Å². The average Bonchev–Trinajstić information content (AvgIpc) is 3.10. The summed E-state index contributed by atoms with van der Waals surface area (Å²) in [7, 11) is 0. The van der Waals surface area contributed by atoms with Crippen LogP contribution in [0.3, 0.4) is 0 Å². The van der Waals surface area contributed by atoms with Crippen molar-refractivity contribution < 1.29 is 25.2 Å². The smallest absolute Gasteiger partial charge is 0.185 e. The van der Waals surface area contributed by atoms with Gasteiger partial charge in [-0.15, -0.1) is 16.9 Å². The first-order chi connectivity index (χ1) is 11.9. The Morgan fingerprint density at radius 3 is 2.52 bits per heavy atom. The van der Waals surface area contributed by atoms with Crippen LogP contribution in [-0.4, -0.2) is 82.2 Å². The van der Waals surface area contributed by atoms with Gasteiger partial charge in [-0.05, 0) is 19.6 Å². The number of thioether (sulfide) groups is 1. The molecule has 0 amide bonds. The van der Waals surface area contributed by atoms with Gasteiger partial charge in [-0.25, -0.2) is 9.97 Å². The maximum Gasteiger partial charge on any atom is 0.185 e. The highest BCUT2D eigenvalue weighted by molar-refractivity contribution is 7.99. The molecule has 0 saturated carbocycles. The fourth-order valence-corrected chi connectivity index (χ4v) is 2.90. The summed E-state index contributed by atoms with van der Waals surface area (Å²) in [6.07, 6.45) is -3.00. The third kappa shape index (κ3) is 4.43. The van der Waals surface area contributed by atoms with E-state index in [0.29, 0.717) is 16.2 Å². The third-order valence-electron chi connectivity index (χ3n) is 3.27. The van der Waals surface area contributed by atoms with Crippen LogP contribution in [0.25, 0.3) is 11.2 Å². The number of hydrogen-bond acceptors (Lipinski definition) is 10. The Morgan fingerprint density at radius 2 is 1.96 bits per heavy atom. The molecule has 2 aromatic heterocycles. The van der Waals surface area contributed by atoms with Crippen LogP contribution in [0.1, 0.15) is 27.0 Å². The molecule has 4 N–H and O–H groups in total. The van der Waals surface area contributed by atoms with Crippen LogP contribution in [0.15, 0.2) is 11.4 Å². The summed E-state index contributed by atoms with van der Waals surface area (Å²) in [5.74, 6) is 0.826. The maximum atomic E-state index is 10.0. The molecule has 0 bridgehead atoms. The van der Waals surface area contributed by atoms with E-state index in [-0.39, 0.29) is 6.10 Å². The van der Waals surface area contributed by atoms with E-state index in [9.17, 15) is 10.2 Å². The molecule has 1 fully saturated rings. The van der Waals surface area contributed by atoms with Crippen LogP contribution in [0.5, 0.6) is 0 Å². The summed E-state index contributed by atoms with van der Waals surface area (Å²) in [6, 6.07) is 0. The Labute approximate surface area is 148 Å². The second kappa shape index (κ2) is 8.83. The first-order valence-corrected chi connectivity index (χ1v) is 8.88. The van der Waals surface area contributed by atoms with Gasteiger partial charge in [-0.3, -0.25) is 0 Å². The van der Waals surface area contributed by atoms with Crippen molar-refractivity contribution in [2.24, 2.45) is 0 Å². The van der Waals surface area contributed by atoms with E-state index < -0.39 is 31.1 Å². The van der Waals surface area contributed by atoms with Crippen LogP contribution in [0.2, 0.25) is 0 Å². The molecule has 1 saturated heterocycles. The Balaban J connectivity index is 0.000000511. The Kier molecular flexibility index (Phi) is 7.04. The average molecular weight is 373 g/mol. The Bertz CT molecular complexity index is 682. The summed E-state index contributed by atoms with van der Waals surface area (Å²) in [5, 5.41) is 45.7. The molecule has 1 aliphatic heterocycles. The van der Waals surface area contributed by atoms with Crippen molar-refractivity contribution in [1.29, 1.82) is 0 Å². The van der Waals surface area contributed by atoms with Crippen LogP contribution < -0.4 is 0 Å². The van der Waals surface area contributed by atoms with Gasteiger partial charge in [-0.2, -0.15) is 4.68 Å². The molecule has 0 radical (unpaired) electrons. The maximum absolute atomic E-state index is 10.0. The normalized spacial score (nSPS) is 26.1. The summed E-state index contributed by atoms with van der Waals surface area (Å²) in [5.41, 5.74) is 0.929. The zero-order chi connectivity index (χ0) is 18.6. The van der Waals surface area contributed by atoms with E-state index in [2.05, 4.69) is 20.3 Å². The molecule has 140 valence electrons. The topological polar surface area (TPSA) is 147 Å². The highest BCUT2D eigenvalue weighted by Gasteiger charge is 2.44. The minimum absolute atomic E-state index is 0.167. The Morgan fingerprint density at radius 1 is 1.28 bits per heavy atom. The highest BCUT2D eigenvalue weighted by Crippen LogP contribution is 2.31. The largest absolute Gasteiger partial charge is 0.394 e. The fourth-order valence-electron chi connectivity index (χ4n) is 2.24. The van der Waals surface area contributed by atoms with Gasteiger partial charge in [0, 0.05) is 6.10 Å². The number of fused-ring (bicyclic) bond motifs is 1. The van der Waals surface area contributed by atoms with Crippen molar-refractivity contribution in [2.45, 2.75) is 56.4 Å². The predicted molar refractivity (Wildman–Crippen MR) is 89.9 cm³/mol.